The van der Waals surface area contributed by atoms with Crippen molar-refractivity contribution in [2.24, 2.45) is 0 Å². The lowest BCUT2D eigenvalue weighted by Crippen LogP contribution is -2.48. The van der Waals surface area contributed by atoms with Gasteiger partial charge in [-0.2, -0.15) is 0 Å². The van der Waals surface area contributed by atoms with Crippen molar-refractivity contribution in [1.82, 2.24) is 4.90 Å². The minimum atomic E-state index is -0.607. The van der Waals surface area contributed by atoms with Crippen LogP contribution in [0.3, 0.4) is 0 Å². The molecule has 0 spiro atoms. The number of hydrogen-bond acceptors (Lipinski definition) is 3. The predicted octanol–water partition coefficient (Wildman–Crippen LogP) is 1.94. The van der Waals surface area contributed by atoms with E-state index in [0.29, 0.717) is 25.4 Å². The molecule has 1 unspecified atom stereocenters. The van der Waals surface area contributed by atoms with Gasteiger partial charge in [0.15, 0.2) is 0 Å². The minimum absolute atomic E-state index is 0.0325. The topological polar surface area (TPSA) is 58.6 Å². The molecule has 6 heteroatoms. The second-order valence-corrected chi connectivity index (χ2v) is 5.76. The van der Waals surface area contributed by atoms with Crippen molar-refractivity contribution >= 4 is 33.4 Å². The van der Waals surface area contributed by atoms with Gasteiger partial charge in [0.25, 0.3) is 0 Å². The summed E-state index contributed by atoms with van der Waals surface area (Å²) in [5.41, 5.74) is 1.55. The number of ether oxygens (including phenoxy) is 1. The van der Waals surface area contributed by atoms with E-state index in [0.717, 1.165) is 10.0 Å². The van der Waals surface area contributed by atoms with Crippen LogP contribution in [-0.2, 0) is 14.3 Å². The number of aryl methyl sites for hydroxylation is 1. The van der Waals surface area contributed by atoms with Crippen LogP contribution in [0.5, 0.6) is 0 Å². The number of carbonyl (C=O) groups is 2. The molecule has 5 nitrogen and oxygen atoms in total. The highest BCUT2D eigenvalue weighted by atomic mass is 79.9. The average molecular weight is 341 g/mol. The molecule has 1 aromatic carbocycles. The van der Waals surface area contributed by atoms with Crippen LogP contribution in [0.25, 0.3) is 0 Å². The van der Waals surface area contributed by atoms with Crippen LogP contribution < -0.4 is 5.32 Å². The molecule has 1 fully saturated rings. The summed E-state index contributed by atoms with van der Waals surface area (Å²) in [5, 5.41) is 2.66. The summed E-state index contributed by atoms with van der Waals surface area (Å²) in [7, 11) is 0. The molecule has 0 radical (unpaired) electrons. The Kier molecular flexibility index (Phi) is 4.77. The fraction of sp³-hybridized carbons (Fsp3) is 0.429. The Morgan fingerprint density at radius 3 is 2.85 bits per heavy atom. The lowest BCUT2D eigenvalue weighted by atomic mass is 10.2. The summed E-state index contributed by atoms with van der Waals surface area (Å²) < 4.78 is 6.29. The molecule has 1 aliphatic heterocycles. The molecule has 0 bridgehead atoms. The summed E-state index contributed by atoms with van der Waals surface area (Å²) in [6, 6.07) is 5.48. The highest BCUT2D eigenvalue weighted by Crippen LogP contribution is 2.20. The number of benzene rings is 1. The molecule has 1 saturated heterocycles. The zero-order valence-corrected chi connectivity index (χ0v) is 13.1. The van der Waals surface area contributed by atoms with Crippen molar-refractivity contribution in [3.63, 3.8) is 0 Å². The standard InChI is InChI=1S/C14H17BrN2O3/c1-9-7-11(15)3-4-12(9)16-13(18)14(19)17-5-6-20-10(2)8-17/h3-4,7,10H,5-6,8H2,1-2H3,(H,16,18). The monoisotopic (exact) mass is 340 g/mol. The predicted molar refractivity (Wildman–Crippen MR) is 79.5 cm³/mol. The van der Waals surface area contributed by atoms with Gasteiger partial charge in [-0.1, -0.05) is 15.9 Å². The van der Waals surface area contributed by atoms with Gasteiger partial charge in [-0.3, -0.25) is 9.59 Å². The van der Waals surface area contributed by atoms with Crippen LogP contribution in [0, 0.1) is 6.92 Å². The van der Waals surface area contributed by atoms with E-state index in [9.17, 15) is 9.59 Å². The van der Waals surface area contributed by atoms with Gasteiger partial charge in [0.1, 0.15) is 0 Å². The number of carbonyl (C=O) groups excluding carboxylic acids is 2. The third-order valence-corrected chi connectivity index (χ3v) is 3.65. The molecule has 2 amide bonds. The van der Waals surface area contributed by atoms with Gasteiger partial charge in [-0.05, 0) is 37.6 Å². The van der Waals surface area contributed by atoms with Crippen LogP contribution in [-0.4, -0.2) is 42.5 Å². The molecule has 1 atom stereocenters. The van der Waals surface area contributed by atoms with Crippen molar-refractivity contribution in [2.45, 2.75) is 20.0 Å². The number of halogens is 1. The molecule has 0 aliphatic carbocycles. The summed E-state index contributed by atoms with van der Waals surface area (Å²) in [5.74, 6) is -1.12. The zero-order chi connectivity index (χ0) is 14.7. The fourth-order valence-corrected chi connectivity index (χ4v) is 2.57. The summed E-state index contributed by atoms with van der Waals surface area (Å²) in [4.78, 5) is 25.6. The molecule has 20 heavy (non-hydrogen) atoms. The molecule has 0 aromatic heterocycles. The van der Waals surface area contributed by atoms with Crippen LogP contribution in [0.1, 0.15) is 12.5 Å². The van der Waals surface area contributed by atoms with Gasteiger partial charge in [0, 0.05) is 23.2 Å². The van der Waals surface area contributed by atoms with Crippen LogP contribution in [0.15, 0.2) is 22.7 Å². The molecule has 1 aromatic rings. The Balaban J connectivity index is 2.02. The van der Waals surface area contributed by atoms with Crippen molar-refractivity contribution in [2.75, 3.05) is 25.0 Å². The normalized spacial score (nSPS) is 18.8. The number of morpholine rings is 1. The molecule has 0 saturated carbocycles. The molecule has 2 rings (SSSR count). The molecule has 1 N–H and O–H groups in total. The SMILES string of the molecule is Cc1cc(Br)ccc1NC(=O)C(=O)N1CCOC(C)C1. The Hall–Kier alpha value is -1.40. The number of hydrogen-bond donors (Lipinski definition) is 1. The van der Waals surface area contributed by atoms with Crippen molar-refractivity contribution in [3.05, 3.63) is 28.2 Å². The van der Waals surface area contributed by atoms with Gasteiger partial charge < -0.3 is 15.0 Å². The number of nitrogens with one attached hydrogen (secondary N) is 1. The number of anilines is 1. The summed E-state index contributed by atoms with van der Waals surface area (Å²) in [6.07, 6.45) is -0.0325. The van der Waals surface area contributed by atoms with Crippen molar-refractivity contribution in [1.29, 1.82) is 0 Å². The fourth-order valence-electron chi connectivity index (χ4n) is 2.09. The Morgan fingerprint density at radius 1 is 1.45 bits per heavy atom. The largest absolute Gasteiger partial charge is 0.375 e. The third kappa shape index (κ3) is 3.58. The number of amides is 2. The first kappa shape index (κ1) is 15.0. The van der Waals surface area contributed by atoms with Crippen molar-refractivity contribution in [3.8, 4) is 0 Å². The summed E-state index contributed by atoms with van der Waals surface area (Å²) in [6.45, 7) is 5.14. The Morgan fingerprint density at radius 2 is 2.20 bits per heavy atom. The summed E-state index contributed by atoms with van der Waals surface area (Å²) >= 11 is 3.36. The Labute approximate surface area is 126 Å². The van der Waals surface area contributed by atoms with Gasteiger partial charge >= 0.3 is 11.8 Å². The maximum atomic E-state index is 12.1. The molecule has 1 heterocycles. The van der Waals surface area contributed by atoms with E-state index in [1.807, 2.05) is 26.0 Å². The van der Waals surface area contributed by atoms with E-state index >= 15 is 0 Å². The quantitative estimate of drug-likeness (QED) is 0.795. The smallest absolute Gasteiger partial charge is 0.313 e. The minimum Gasteiger partial charge on any atom is -0.375 e. The highest BCUT2D eigenvalue weighted by molar-refractivity contribution is 9.10. The molecular formula is C14H17BrN2O3. The second-order valence-electron chi connectivity index (χ2n) is 4.85. The van der Waals surface area contributed by atoms with Crippen LogP contribution in [0.2, 0.25) is 0 Å². The first-order valence-corrected chi connectivity index (χ1v) is 7.24. The van der Waals surface area contributed by atoms with E-state index in [4.69, 9.17) is 4.74 Å². The van der Waals surface area contributed by atoms with E-state index in [2.05, 4.69) is 21.2 Å². The first-order chi connectivity index (χ1) is 9.47. The molecule has 1 aliphatic rings. The highest BCUT2D eigenvalue weighted by Gasteiger charge is 2.26. The lowest BCUT2D eigenvalue weighted by Gasteiger charge is -2.30. The Bertz CT molecular complexity index is 533. The van der Waals surface area contributed by atoms with Gasteiger partial charge in [0.05, 0.1) is 12.7 Å². The maximum absolute atomic E-state index is 12.1. The first-order valence-electron chi connectivity index (χ1n) is 6.45. The lowest BCUT2D eigenvalue weighted by molar-refractivity contribution is -0.147. The van der Waals surface area contributed by atoms with Gasteiger partial charge in [0.2, 0.25) is 0 Å². The van der Waals surface area contributed by atoms with E-state index in [1.165, 1.54) is 4.90 Å². The van der Waals surface area contributed by atoms with Crippen molar-refractivity contribution < 1.29 is 14.3 Å². The zero-order valence-electron chi connectivity index (χ0n) is 11.5. The van der Waals surface area contributed by atoms with Crippen LogP contribution in [0.4, 0.5) is 5.69 Å². The van der Waals surface area contributed by atoms with Gasteiger partial charge in [-0.15, -0.1) is 0 Å². The second kappa shape index (κ2) is 6.37. The third-order valence-electron chi connectivity index (χ3n) is 3.16. The number of rotatable bonds is 1. The number of nitrogens with zero attached hydrogens (tertiary/aromatic N) is 1. The molecule has 108 valence electrons. The maximum Gasteiger partial charge on any atom is 0.313 e. The van der Waals surface area contributed by atoms with E-state index < -0.39 is 11.8 Å². The van der Waals surface area contributed by atoms with Gasteiger partial charge in [-0.25, -0.2) is 0 Å². The van der Waals surface area contributed by atoms with E-state index in [1.54, 1.807) is 6.07 Å². The van der Waals surface area contributed by atoms with Crippen LogP contribution >= 0.6 is 15.9 Å². The molecular weight excluding hydrogens is 324 g/mol. The average Bonchev–Trinajstić information content (AvgIpc) is 2.41. The van der Waals surface area contributed by atoms with E-state index in [-0.39, 0.29) is 6.10 Å².